The number of hydrogen-bond acceptors (Lipinski definition) is 4. The van der Waals surface area contributed by atoms with Gasteiger partial charge >= 0.3 is 6.09 Å². The first kappa shape index (κ1) is 24.3. The van der Waals surface area contributed by atoms with Crippen LogP contribution in [0.3, 0.4) is 0 Å². The predicted molar refractivity (Wildman–Crippen MR) is 118 cm³/mol. The summed E-state index contributed by atoms with van der Waals surface area (Å²) in [6.45, 7) is 6.30. The van der Waals surface area contributed by atoms with Gasteiger partial charge in [0.15, 0.2) is 5.96 Å². The summed E-state index contributed by atoms with van der Waals surface area (Å²) >= 11 is 0. The lowest BCUT2D eigenvalue weighted by Crippen LogP contribution is -2.54. The number of unbranched alkanes of at least 4 members (excludes halogenated alkanes) is 1. The van der Waals surface area contributed by atoms with Crippen molar-refractivity contribution < 1.29 is 18.7 Å². The largest absolute Gasteiger partial charge is 0.494 e. The van der Waals surface area contributed by atoms with Crippen molar-refractivity contribution in [2.75, 3.05) is 53.0 Å². The van der Waals surface area contributed by atoms with E-state index in [-0.39, 0.29) is 35.9 Å². The molecular formula is C19H30FIN4O3. The number of hydrogen-bond donors (Lipinski definition) is 1. The first-order chi connectivity index (χ1) is 13.1. The van der Waals surface area contributed by atoms with E-state index in [0.717, 1.165) is 38.4 Å². The SMILES string of the molecule is CCOC(=O)N1CCN(C(=NC)NCCCCOc2ccc(F)cc2)CC1.I. The fourth-order valence-corrected chi connectivity index (χ4v) is 2.80. The molecule has 1 aliphatic heterocycles. The highest BCUT2D eigenvalue weighted by molar-refractivity contribution is 14.0. The minimum Gasteiger partial charge on any atom is -0.494 e. The van der Waals surface area contributed by atoms with Gasteiger partial charge < -0.3 is 24.6 Å². The van der Waals surface area contributed by atoms with E-state index in [4.69, 9.17) is 9.47 Å². The Balaban J connectivity index is 0.00000392. The number of benzene rings is 1. The Kier molecular flexibility index (Phi) is 11.6. The number of piperazine rings is 1. The summed E-state index contributed by atoms with van der Waals surface area (Å²) < 4.78 is 23.4. The third-order valence-electron chi connectivity index (χ3n) is 4.25. The molecule has 2 rings (SSSR count). The Bertz CT molecular complexity index is 608. The van der Waals surface area contributed by atoms with E-state index in [1.807, 2.05) is 6.92 Å². The number of amides is 1. The maximum Gasteiger partial charge on any atom is 0.409 e. The molecule has 0 aliphatic carbocycles. The molecule has 1 heterocycles. The normalized spacial score (nSPS) is 14.3. The fraction of sp³-hybridized carbons (Fsp3) is 0.579. The lowest BCUT2D eigenvalue weighted by atomic mass is 10.3. The average molecular weight is 508 g/mol. The molecule has 1 aromatic rings. The number of halogens is 2. The van der Waals surface area contributed by atoms with Crippen LogP contribution in [0.1, 0.15) is 19.8 Å². The summed E-state index contributed by atoms with van der Waals surface area (Å²) in [5.74, 6) is 1.26. The van der Waals surface area contributed by atoms with Crippen molar-refractivity contribution in [2.24, 2.45) is 4.99 Å². The smallest absolute Gasteiger partial charge is 0.409 e. The van der Waals surface area contributed by atoms with E-state index in [1.165, 1.54) is 12.1 Å². The zero-order chi connectivity index (χ0) is 19.5. The summed E-state index contributed by atoms with van der Waals surface area (Å²) in [4.78, 5) is 19.9. The maximum atomic E-state index is 12.8. The van der Waals surface area contributed by atoms with Gasteiger partial charge in [-0.1, -0.05) is 0 Å². The second-order valence-electron chi connectivity index (χ2n) is 6.16. The first-order valence-electron chi connectivity index (χ1n) is 9.39. The number of ether oxygens (including phenoxy) is 2. The molecule has 7 nitrogen and oxygen atoms in total. The Labute approximate surface area is 183 Å². The van der Waals surface area contributed by atoms with Crippen LogP contribution in [0.15, 0.2) is 29.3 Å². The van der Waals surface area contributed by atoms with E-state index in [0.29, 0.717) is 32.1 Å². The first-order valence-corrected chi connectivity index (χ1v) is 9.39. The molecule has 28 heavy (non-hydrogen) atoms. The third kappa shape index (κ3) is 8.07. The summed E-state index contributed by atoms with van der Waals surface area (Å²) in [5.41, 5.74) is 0. The molecule has 0 radical (unpaired) electrons. The van der Waals surface area contributed by atoms with Gasteiger partial charge in [0.25, 0.3) is 0 Å². The molecule has 0 unspecified atom stereocenters. The van der Waals surface area contributed by atoms with E-state index < -0.39 is 0 Å². The van der Waals surface area contributed by atoms with Crippen molar-refractivity contribution in [1.29, 1.82) is 0 Å². The second-order valence-corrected chi connectivity index (χ2v) is 6.16. The van der Waals surface area contributed by atoms with Gasteiger partial charge in [-0.15, -0.1) is 24.0 Å². The molecule has 0 spiro atoms. The van der Waals surface area contributed by atoms with Gasteiger partial charge in [-0.05, 0) is 44.0 Å². The van der Waals surface area contributed by atoms with Crippen LogP contribution in [0.4, 0.5) is 9.18 Å². The number of carbonyl (C=O) groups is 1. The van der Waals surface area contributed by atoms with Crippen LogP contribution < -0.4 is 10.1 Å². The minimum absolute atomic E-state index is 0. The zero-order valence-electron chi connectivity index (χ0n) is 16.5. The predicted octanol–water partition coefficient (Wildman–Crippen LogP) is 2.95. The molecule has 1 aliphatic rings. The summed E-state index contributed by atoms with van der Waals surface area (Å²) in [6.07, 6.45) is 1.57. The van der Waals surface area contributed by atoms with Gasteiger partial charge in [0.1, 0.15) is 11.6 Å². The summed E-state index contributed by atoms with van der Waals surface area (Å²) in [6, 6.07) is 6.04. The van der Waals surface area contributed by atoms with E-state index in [9.17, 15) is 9.18 Å². The Morgan fingerprint density at radius 2 is 1.79 bits per heavy atom. The molecule has 1 saturated heterocycles. The van der Waals surface area contributed by atoms with Gasteiger partial charge in [0, 0.05) is 39.8 Å². The molecule has 0 aromatic heterocycles. The molecule has 1 fully saturated rings. The van der Waals surface area contributed by atoms with Crippen molar-refractivity contribution in [1.82, 2.24) is 15.1 Å². The fourth-order valence-electron chi connectivity index (χ4n) is 2.80. The molecule has 0 bridgehead atoms. The maximum absolute atomic E-state index is 12.8. The van der Waals surface area contributed by atoms with Crippen molar-refractivity contribution in [3.05, 3.63) is 30.1 Å². The molecule has 0 atom stereocenters. The van der Waals surface area contributed by atoms with E-state index in [2.05, 4.69) is 15.2 Å². The van der Waals surface area contributed by atoms with Crippen LogP contribution in [-0.2, 0) is 4.74 Å². The van der Waals surface area contributed by atoms with Crippen LogP contribution in [0.2, 0.25) is 0 Å². The number of carbonyl (C=O) groups excluding carboxylic acids is 1. The highest BCUT2D eigenvalue weighted by Gasteiger charge is 2.23. The Hall–Kier alpha value is -1.78. The van der Waals surface area contributed by atoms with Gasteiger partial charge in [0.05, 0.1) is 13.2 Å². The van der Waals surface area contributed by atoms with E-state index >= 15 is 0 Å². The number of rotatable bonds is 7. The van der Waals surface area contributed by atoms with Crippen LogP contribution in [0.5, 0.6) is 5.75 Å². The van der Waals surface area contributed by atoms with Crippen molar-refractivity contribution >= 4 is 36.0 Å². The number of nitrogens with zero attached hydrogens (tertiary/aromatic N) is 3. The summed E-state index contributed by atoms with van der Waals surface area (Å²) in [7, 11) is 1.76. The lowest BCUT2D eigenvalue weighted by molar-refractivity contribution is 0.0914. The van der Waals surface area contributed by atoms with Gasteiger partial charge in [-0.3, -0.25) is 4.99 Å². The lowest BCUT2D eigenvalue weighted by Gasteiger charge is -2.35. The molecule has 1 aromatic carbocycles. The number of aliphatic imine (C=N–C) groups is 1. The average Bonchev–Trinajstić information content (AvgIpc) is 2.69. The van der Waals surface area contributed by atoms with Crippen LogP contribution >= 0.6 is 24.0 Å². The molecular weight excluding hydrogens is 478 g/mol. The second kappa shape index (κ2) is 13.4. The highest BCUT2D eigenvalue weighted by Crippen LogP contribution is 2.11. The monoisotopic (exact) mass is 508 g/mol. The highest BCUT2D eigenvalue weighted by atomic mass is 127. The quantitative estimate of drug-likeness (QED) is 0.266. The van der Waals surface area contributed by atoms with Crippen molar-refractivity contribution in [2.45, 2.75) is 19.8 Å². The van der Waals surface area contributed by atoms with Crippen molar-refractivity contribution in [3.63, 3.8) is 0 Å². The number of guanidine groups is 1. The van der Waals surface area contributed by atoms with Crippen molar-refractivity contribution in [3.8, 4) is 5.75 Å². The van der Waals surface area contributed by atoms with Crippen LogP contribution in [0.25, 0.3) is 0 Å². The van der Waals surface area contributed by atoms with Crippen LogP contribution in [-0.4, -0.2) is 74.8 Å². The van der Waals surface area contributed by atoms with E-state index in [1.54, 1.807) is 24.1 Å². The minimum atomic E-state index is -0.263. The molecule has 1 amide bonds. The molecule has 9 heteroatoms. The Morgan fingerprint density at radius 3 is 2.39 bits per heavy atom. The Morgan fingerprint density at radius 1 is 1.14 bits per heavy atom. The summed E-state index contributed by atoms with van der Waals surface area (Å²) in [5, 5.41) is 3.35. The molecule has 1 N–H and O–H groups in total. The molecule has 0 saturated carbocycles. The van der Waals surface area contributed by atoms with Gasteiger partial charge in [-0.25, -0.2) is 9.18 Å². The molecule has 158 valence electrons. The van der Waals surface area contributed by atoms with Gasteiger partial charge in [0.2, 0.25) is 0 Å². The third-order valence-corrected chi connectivity index (χ3v) is 4.25. The topological polar surface area (TPSA) is 66.4 Å². The van der Waals surface area contributed by atoms with Gasteiger partial charge in [-0.2, -0.15) is 0 Å². The zero-order valence-corrected chi connectivity index (χ0v) is 18.9. The van der Waals surface area contributed by atoms with Crippen LogP contribution in [0, 0.1) is 5.82 Å². The number of nitrogens with one attached hydrogen (secondary N) is 1. The standard InChI is InChI=1S/C19H29FN4O3.HI/c1-3-26-19(25)24-13-11-23(12-14-24)18(21-2)22-10-4-5-15-27-17-8-6-16(20)7-9-17;/h6-9H,3-5,10-15H2,1-2H3,(H,21,22);1H.